The van der Waals surface area contributed by atoms with E-state index in [1.54, 1.807) is 0 Å². The first-order chi connectivity index (χ1) is 5.90. The maximum atomic E-state index is 10.4. The van der Waals surface area contributed by atoms with Crippen LogP contribution in [0.15, 0.2) is 5.18 Å². The lowest BCUT2D eigenvalue weighted by atomic mass is 9.91. The Hall–Kier alpha value is -0.440. The van der Waals surface area contributed by atoms with Gasteiger partial charge >= 0.3 is 0 Å². The lowest BCUT2D eigenvalue weighted by Gasteiger charge is -2.40. The Morgan fingerprint density at radius 3 is 2.92 bits per heavy atom. The van der Waals surface area contributed by atoms with E-state index in [9.17, 15) is 4.91 Å². The lowest BCUT2D eigenvalue weighted by Crippen LogP contribution is -2.46. The molecule has 2 rings (SSSR count). The summed E-state index contributed by atoms with van der Waals surface area (Å²) in [5.74, 6) is 0. The predicted molar refractivity (Wildman–Crippen MR) is 48.0 cm³/mol. The monoisotopic (exact) mass is 168 g/mol. The number of piperidine rings is 2. The number of fused-ring (bicyclic) bond motifs is 1. The summed E-state index contributed by atoms with van der Waals surface area (Å²) in [5.41, 5.74) is 0. The van der Waals surface area contributed by atoms with E-state index in [-0.39, 0.29) is 6.04 Å². The van der Waals surface area contributed by atoms with Crippen LogP contribution in [-0.4, -0.2) is 30.1 Å². The van der Waals surface area contributed by atoms with Crippen LogP contribution in [0.2, 0.25) is 0 Å². The van der Waals surface area contributed by atoms with Crippen molar-refractivity contribution in [3.05, 3.63) is 4.91 Å². The molecular weight excluding hydrogens is 152 g/mol. The molecule has 3 nitrogen and oxygen atoms in total. The van der Waals surface area contributed by atoms with Crippen molar-refractivity contribution in [2.45, 2.75) is 44.2 Å². The van der Waals surface area contributed by atoms with Gasteiger partial charge in [-0.3, -0.25) is 0 Å². The molecule has 2 aliphatic heterocycles. The Morgan fingerprint density at radius 1 is 1.17 bits per heavy atom. The predicted octanol–water partition coefficient (Wildman–Crippen LogP) is 1.77. The standard InChI is InChI=1S/C9H16N2O/c12-10-8-4-6-11-5-2-1-3-9(11)7-8/h8-9H,1-7H2. The van der Waals surface area contributed by atoms with E-state index >= 15 is 0 Å². The first-order valence-electron chi connectivity index (χ1n) is 4.96. The molecule has 0 N–H and O–H groups in total. The van der Waals surface area contributed by atoms with E-state index in [0.29, 0.717) is 6.04 Å². The third kappa shape index (κ3) is 1.51. The van der Waals surface area contributed by atoms with Gasteiger partial charge in [0.1, 0.15) is 0 Å². The minimum absolute atomic E-state index is 0.115. The number of nitroso groups, excluding NO2 is 1. The van der Waals surface area contributed by atoms with E-state index in [0.717, 1.165) is 19.4 Å². The first-order valence-corrected chi connectivity index (χ1v) is 4.96. The average Bonchev–Trinajstić information content (AvgIpc) is 2.17. The summed E-state index contributed by atoms with van der Waals surface area (Å²) in [6.45, 7) is 2.34. The van der Waals surface area contributed by atoms with Gasteiger partial charge < -0.3 is 4.90 Å². The number of rotatable bonds is 1. The van der Waals surface area contributed by atoms with Crippen LogP contribution in [0.25, 0.3) is 0 Å². The summed E-state index contributed by atoms with van der Waals surface area (Å²) in [6.07, 6.45) is 5.97. The summed E-state index contributed by atoms with van der Waals surface area (Å²) in [7, 11) is 0. The molecule has 2 aliphatic rings. The van der Waals surface area contributed by atoms with E-state index in [1.807, 2.05) is 0 Å². The molecule has 0 amide bonds. The van der Waals surface area contributed by atoms with Crippen molar-refractivity contribution >= 4 is 0 Å². The van der Waals surface area contributed by atoms with Gasteiger partial charge in [0.05, 0.1) is 6.04 Å². The molecule has 2 fully saturated rings. The Bertz CT molecular complexity index is 172. The normalized spacial score (nSPS) is 37.3. The molecule has 2 unspecified atom stereocenters. The molecule has 0 aromatic carbocycles. The van der Waals surface area contributed by atoms with E-state index in [4.69, 9.17) is 0 Å². The average molecular weight is 168 g/mol. The zero-order chi connectivity index (χ0) is 8.39. The van der Waals surface area contributed by atoms with Crippen molar-refractivity contribution in [2.75, 3.05) is 13.1 Å². The van der Waals surface area contributed by atoms with Crippen LogP contribution < -0.4 is 0 Å². The topological polar surface area (TPSA) is 32.7 Å². The summed E-state index contributed by atoms with van der Waals surface area (Å²) in [5, 5.41) is 3.16. The molecule has 2 heterocycles. The molecule has 3 heteroatoms. The zero-order valence-electron chi connectivity index (χ0n) is 7.41. The second kappa shape index (κ2) is 3.52. The van der Waals surface area contributed by atoms with Crippen LogP contribution in [0.4, 0.5) is 0 Å². The maximum Gasteiger partial charge on any atom is 0.0946 e. The maximum absolute atomic E-state index is 10.4. The summed E-state index contributed by atoms with van der Waals surface area (Å²) in [4.78, 5) is 12.9. The molecule has 68 valence electrons. The molecule has 2 atom stereocenters. The molecule has 0 aromatic rings. The minimum atomic E-state index is 0.115. The zero-order valence-corrected chi connectivity index (χ0v) is 7.41. The molecule has 0 spiro atoms. The van der Waals surface area contributed by atoms with Gasteiger partial charge in [-0.05, 0) is 32.2 Å². The SMILES string of the molecule is O=NC1CCN2CCCCC2C1. The third-order valence-electron chi connectivity index (χ3n) is 3.19. The van der Waals surface area contributed by atoms with Crippen molar-refractivity contribution in [1.29, 1.82) is 0 Å². The van der Waals surface area contributed by atoms with Crippen LogP contribution in [-0.2, 0) is 0 Å². The van der Waals surface area contributed by atoms with Crippen molar-refractivity contribution in [3.63, 3.8) is 0 Å². The first kappa shape index (κ1) is 8.17. The molecule has 0 bridgehead atoms. The van der Waals surface area contributed by atoms with Crippen molar-refractivity contribution in [2.24, 2.45) is 5.18 Å². The highest BCUT2D eigenvalue weighted by Crippen LogP contribution is 2.27. The molecule has 0 radical (unpaired) electrons. The molecule has 2 saturated heterocycles. The Labute approximate surface area is 73.1 Å². The molecule has 0 saturated carbocycles. The Morgan fingerprint density at radius 2 is 2.08 bits per heavy atom. The van der Waals surface area contributed by atoms with Crippen LogP contribution in [0.5, 0.6) is 0 Å². The molecule has 0 aliphatic carbocycles. The fraction of sp³-hybridized carbons (Fsp3) is 1.00. The van der Waals surface area contributed by atoms with Crippen LogP contribution >= 0.6 is 0 Å². The number of nitrogens with zero attached hydrogens (tertiary/aromatic N) is 2. The minimum Gasteiger partial charge on any atom is -0.300 e. The molecule has 0 aromatic heterocycles. The lowest BCUT2D eigenvalue weighted by molar-refractivity contribution is 0.0988. The second-order valence-corrected chi connectivity index (χ2v) is 3.97. The van der Waals surface area contributed by atoms with Gasteiger partial charge in [0.15, 0.2) is 0 Å². The highest BCUT2D eigenvalue weighted by Gasteiger charge is 2.30. The Balaban J connectivity index is 1.93. The van der Waals surface area contributed by atoms with E-state index < -0.39 is 0 Å². The molecular formula is C9H16N2O. The summed E-state index contributed by atoms with van der Waals surface area (Å²) >= 11 is 0. The van der Waals surface area contributed by atoms with Crippen molar-refractivity contribution in [1.82, 2.24) is 4.90 Å². The molecule has 12 heavy (non-hydrogen) atoms. The second-order valence-electron chi connectivity index (χ2n) is 3.97. The third-order valence-corrected chi connectivity index (χ3v) is 3.19. The van der Waals surface area contributed by atoms with Crippen LogP contribution in [0.1, 0.15) is 32.1 Å². The number of hydrogen-bond donors (Lipinski definition) is 0. The summed E-state index contributed by atoms with van der Waals surface area (Å²) in [6, 6.07) is 0.791. The van der Waals surface area contributed by atoms with Gasteiger partial charge in [-0.2, -0.15) is 4.91 Å². The smallest absolute Gasteiger partial charge is 0.0946 e. The summed E-state index contributed by atoms with van der Waals surface area (Å²) < 4.78 is 0. The Kier molecular flexibility index (Phi) is 2.40. The fourth-order valence-electron chi connectivity index (χ4n) is 2.46. The largest absolute Gasteiger partial charge is 0.300 e. The van der Waals surface area contributed by atoms with Gasteiger partial charge in [0.25, 0.3) is 0 Å². The fourth-order valence-corrected chi connectivity index (χ4v) is 2.46. The van der Waals surface area contributed by atoms with Gasteiger partial charge in [-0.15, -0.1) is 0 Å². The number of hydrogen-bond acceptors (Lipinski definition) is 3. The van der Waals surface area contributed by atoms with Gasteiger partial charge in [-0.25, -0.2) is 0 Å². The van der Waals surface area contributed by atoms with Crippen LogP contribution in [0.3, 0.4) is 0 Å². The highest BCUT2D eigenvalue weighted by atomic mass is 16.3. The van der Waals surface area contributed by atoms with Crippen LogP contribution in [0, 0.1) is 4.91 Å². The highest BCUT2D eigenvalue weighted by molar-refractivity contribution is 4.87. The van der Waals surface area contributed by atoms with Crippen molar-refractivity contribution in [3.8, 4) is 0 Å². The van der Waals surface area contributed by atoms with Gasteiger partial charge in [-0.1, -0.05) is 11.6 Å². The van der Waals surface area contributed by atoms with Gasteiger partial charge in [0, 0.05) is 12.6 Å². The van der Waals surface area contributed by atoms with Gasteiger partial charge in [0.2, 0.25) is 0 Å². The van der Waals surface area contributed by atoms with Crippen molar-refractivity contribution < 1.29 is 0 Å². The quantitative estimate of drug-likeness (QED) is 0.559. The van der Waals surface area contributed by atoms with E-state index in [2.05, 4.69) is 10.1 Å². The van der Waals surface area contributed by atoms with E-state index in [1.165, 1.54) is 25.8 Å².